The molecular formula is C12H16Cl2N2S. The normalized spacial score (nSPS) is 21.7. The van der Waals surface area contributed by atoms with Crippen molar-refractivity contribution in [3.63, 3.8) is 0 Å². The van der Waals surface area contributed by atoms with Gasteiger partial charge in [0, 0.05) is 6.04 Å². The van der Waals surface area contributed by atoms with E-state index in [2.05, 4.69) is 5.43 Å². The van der Waals surface area contributed by atoms with Crippen LogP contribution in [0.5, 0.6) is 0 Å². The average molecular weight is 291 g/mol. The smallest absolute Gasteiger partial charge is 0.0624 e. The lowest BCUT2D eigenvalue weighted by atomic mass is 9.93. The van der Waals surface area contributed by atoms with Gasteiger partial charge in [0.1, 0.15) is 0 Å². The van der Waals surface area contributed by atoms with Gasteiger partial charge in [-0.2, -0.15) is 11.8 Å². The molecule has 17 heavy (non-hydrogen) atoms. The summed E-state index contributed by atoms with van der Waals surface area (Å²) in [5.41, 5.74) is 3.99. The number of hydrogen-bond acceptors (Lipinski definition) is 3. The molecule has 0 saturated carbocycles. The Balaban J connectivity index is 2.09. The van der Waals surface area contributed by atoms with Crippen molar-refractivity contribution in [3.8, 4) is 0 Å². The van der Waals surface area contributed by atoms with Gasteiger partial charge in [-0.05, 0) is 41.9 Å². The minimum absolute atomic E-state index is 0.279. The largest absolute Gasteiger partial charge is 0.271 e. The van der Waals surface area contributed by atoms with E-state index in [1.807, 2.05) is 30.0 Å². The van der Waals surface area contributed by atoms with E-state index in [0.717, 1.165) is 12.0 Å². The van der Waals surface area contributed by atoms with Crippen molar-refractivity contribution < 1.29 is 0 Å². The summed E-state index contributed by atoms with van der Waals surface area (Å²) in [7, 11) is 0. The third-order valence-corrected chi connectivity index (χ3v) is 5.27. The van der Waals surface area contributed by atoms with Gasteiger partial charge in [-0.3, -0.25) is 11.3 Å². The molecule has 2 atom stereocenters. The predicted octanol–water partition coefficient (Wildman–Crippen LogP) is 3.12. The highest BCUT2D eigenvalue weighted by Crippen LogP contribution is 2.31. The first-order valence-corrected chi connectivity index (χ1v) is 7.60. The monoisotopic (exact) mass is 290 g/mol. The highest BCUT2D eigenvalue weighted by Gasteiger charge is 2.25. The summed E-state index contributed by atoms with van der Waals surface area (Å²) in [5.74, 6) is 8.68. The molecule has 1 aliphatic rings. The number of nitrogens with two attached hydrogens (primary N) is 1. The number of hydrogen-bond donors (Lipinski definition) is 2. The molecule has 0 amide bonds. The van der Waals surface area contributed by atoms with Crippen LogP contribution in [0, 0.1) is 5.92 Å². The Labute approximate surface area is 116 Å². The van der Waals surface area contributed by atoms with Crippen molar-refractivity contribution >= 4 is 35.0 Å². The molecule has 1 aromatic carbocycles. The number of rotatable bonds is 4. The summed E-state index contributed by atoms with van der Waals surface area (Å²) in [5, 5.41) is 1.26. The SMILES string of the molecule is NNC(Cc1cccc(Cl)c1Cl)C1CCSC1. The maximum Gasteiger partial charge on any atom is 0.0624 e. The Morgan fingerprint density at radius 3 is 2.94 bits per heavy atom. The maximum absolute atomic E-state index is 6.20. The van der Waals surface area contributed by atoms with Crippen molar-refractivity contribution in [2.45, 2.75) is 18.9 Å². The molecule has 0 radical (unpaired) electrons. The number of hydrazine groups is 1. The van der Waals surface area contributed by atoms with Gasteiger partial charge in [0.25, 0.3) is 0 Å². The number of thioether (sulfide) groups is 1. The summed E-state index contributed by atoms with van der Waals surface area (Å²) in [6, 6.07) is 6.03. The molecule has 0 aromatic heterocycles. The summed E-state index contributed by atoms with van der Waals surface area (Å²) in [4.78, 5) is 0. The fourth-order valence-electron chi connectivity index (χ4n) is 2.17. The minimum atomic E-state index is 0.279. The van der Waals surface area contributed by atoms with Gasteiger partial charge in [0.05, 0.1) is 10.0 Å². The van der Waals surface area contributed by atoms with Crippen molar-refractivity contribution in [2.75, 3.05) is 11.5 Å². The van der Waals surface area contributed by atoms with Crippen LogP contribution >= 0.6 is 35.0 Å². The molecule has 1 fully saturated rings. The van der Waals surface area contributed by atoms with E-state index in [9.17, 15) is 0 Å². The number of halogens is 2. The highest BCUT2D eigenvalue weighted by atomic mass is 35.5. The van der Waals surface area contributed by atoms with Crippen molar-refractivity contribution in [2.24, 2.45) is 11.8 Å². The molecule has 1 aromatic rings. The molecular weight excluding hydrogens is 275 g/mol. The molecule has 1 saturated heterocycles. The van der Waals surface area contributed by atoms with Gasteiger partial charge in [-0.15, -0.1) is 0 Å². The first-order valence-electron chi connectivity index (χ1n) is 5.69. The van der Waals surface area contributed by atoms with Crippen LogP contribution < -0.4 is 11.3 Å². The molecule has 5 heteroatoms. The van der Waals surface area contributed by atoms with Crippen LogP contribution in [0.3, 0.4) is 0 Å². The van der Waals surface area contributed by atoms with E-state index in [1.54, 1.807) is 0 Å². The van der Waals surface area contributed by atoms with Crippen LogP contribution in [0.1, 0.15) is 12.0 Å². The second-order valence-corrected chi connectivity index (χ2v) is 6.25. The van der Waals surface area contributed by atoms with Crippen LogP contribution in [-0.2, 0) is 6.42 Å². The molecule has 2 unspecified atom stereocenters. The Kier molecular flexibility index (Phi) is 5.00. The van der Waals surface area contributed by atoms with Crippen LogP contribution in [0.4, 0.5) is 0 Å². The van der Waals surface area contributed by atoms with Crippen LogP contribution in [0.15, 0.2) is 18.2 Å². The fraction of sp³-hybridized carbons (Fsp3) is 0.500. The molecule has 2 rings (SSSR count). The average Bonchev–Trinajstić information content (AvgIpc) is 2.85. The molecule has 1 aliphatic heterocycles. The number of benzene rings is 1. The van der Waals surface area contributed by atoms with Crippen molar-refractivity contribution in [3.05, 3.63) is 33.8 Å². The second-order valence-electron chi connectivity index (χ2n) is 4.31. The lowest BCUT2D eigenvalue weighted by molar-refractivity contribution is 0.386. The summed E-state index contributed by atoms with van der Waals surface area (Å²) in [6.45, 7) is 0. The van der Waals surface area contributed by atoms with Crippen molar-refractivity contribution in [1.82, 2.24) is 5.43 Å². The van der Waals surface area contributed by atoms with Gasteiger partial charge in [0.15, 0.2) is 0 Å². The third kappa shape index (κ3) is 3.30. The Morgan fingerprint density at radius 1 is 1.47 bits per heavy atom. The summed E-state index contributed by atoms with van der Waals surface area (Å²) < 4.78 is 0. The zero-order valence-corrected chi connectivity index (χ0v) is 11.8. The predicted molar refractivity (Wildman–Crippen MR) is 76.7 cm³/mol. The quantitative estimate of drug-likeness (QED) is 0.661. The van der Waals surface area contributed by atoms with Gasteiger partial charge >= 0.3 is 0 Å². The van der Waals surface area contributed by atoms with Crippen LogP contribution in [0.2, 0.25) is 10.0 Å². The highest BCUT2D eigenvalue weighted by molar-refractivity contribution is 7.99. The zero-order valence-electron chi connectivity index (χ0n) is 9.46. The maximum atomic E-state index is 6.20. The van der Waals surface area contributed by atoms with Gasteiger partial charge in [0.2, 0.25) is 0 Å². The summed E-state index contributed by atoms with van der Waals surface area (Å²) in [6.07, 6.45) is 2.05. The Morgan fingerprint density at radius 2 is 2.29 bits per heavy atom. The first-order chi connectivity index (χ1) is 8.22. The minimum Gasteiger partial charge on any atom is -0.271 e. The Bertz CT molecular complexity index is 381. The van der Waals surface area contributed by atoms with E-state index in [4.69, 9.17) is 29.0 Å². The third-order valence-electron chi connectivity index (χ3n) is 3.22. The van der Waals surface area contributed by atoms with Gasteiger partial charge in [-0.1, -0.05) is 35.3 Å². The van der Waals surface area contributed by atoms with Gasteiger partial charge in [-0.25, -0.2) is 0 Å². The van der Waals surface area contributed by atoms with E-state index in [-0.39, 0.29) is 6.04 Å². The zero-order chi connectivity index (χ0) is 12.3. The molecule has 0 spiro atoms. The van der Waals surface area contributed by atoms with Crippen LogP contribution in [-0.4, -0.2) is 17.5 Å². The first kappa shape index (κ1) is 13.5. The molecule has 94 valence electrons. The number of nitrogens with one attached hydrogen (secondary N) is 1. The fourth-order valence-corrected chi connectivity index (χ4v) is 3.91. The van der Waals surface area contributed by atoms with E-state index in [0.29, 0.717) is 16.0 Å². The van der Waals surface area contributed by atoms with E-state index in [1.165, 1.54) is 17.9 Å². The lowest BCUT2D eigenvalue weighted by Gasteiger charge is -2.22. The molecule has 0 bridgehead atoms. The molecule has 1 heterocycles. The second kappa shape index (κ2) is 6.30. The molecule has 2 nitrogen and oxygen atoms in total. The Hall–Kier alpha value is 0.0700. The van der Waals surface area contributed by atoms with Crippen molar-refractivity contribution in [1.29, 1.82) is 0 Å². The topological polar surface area (TPSA) is 38.0 Å². The molecule has 3 N–H and O–H groups in total. The van der Waals surface area contributed by atoms with Gasteiger partial charge < -0.3 is 0 Å². The lowest BCUT2D eigenvalue weighted by Crippen LogP contribution is -2.42. The molecule has 0 aliphatic carbocycles. The van der Waals surface area contributed by atoms with E-state index < -0.39 is 0 Å². The van der Waals surface area contributed by atoms with Crippen LogP contribution in [0.25, 0.3) is 0 Å². The summed E-state index contributed by atoms with van der Waals surface area (Å²) >= 11 is 14.2. The van der Waals surface area contributed by atoms with E-state index >= 15 is 0 Å². The standard InChI is InChI=1S/C12H16Cl2N2S/c13-10-3-1-2-8(12(10)14)6-11(16-15)9-4-5-17-7-9/h1-3,9,11,16H,4-7,15H2.